The molecule has 0 aliphatic carbocycles. The Kier molecular flexibility index (Phi) is 6.42. The van der Waals surface area contributed by atoms with E-state index in [0.29, 0.717) is 12.0 Å². The molecule has 1 aromatic heterocycles. The predicted octanol–water partition coefficient (Wildman–Crippen LogP) is 0.714. The first-order valence-corrected chi connectivity index (χ1v) is 8.28. The number of nitrogens with one attached hydrogen (secondary N) is 3. The number of unbranched alkanes of at least 4 members (excludes halogenated alkanes) is 1. The molecule has 1 fully saturated rings. The van der Waals surface area contributed by atoms with Gasteiger partial charge < -0.3 is 5.43 Å². The Morgan fingerprint density at radius 1 is 1.27 bits per heavy atom. The number of barbiturate groups is 1. The molecule has 5 amide bonds. The van der Waals surface area contributed by atoms with E-state index in [9.17, 15) is 19.2 Å². The smallest absolute Gasteiger partial charge is 0.301 e. The van der Waals surface area contributed by atoms with Gasteiger partial charge in [0.25, 0.3) is 5.91 Å². The van der Waals surface area contributed by atoms with Crippen molar-refractivity contribution in [1.82, 2.24) is 26.1 Å². The number of aromatic nitrogens is 1. The number of carbonyl (C=O) groups is 4. The third-order valence-corrected chi connectivity index (χ3v) is 3.87. The van der Waals surface area contributed by atoms with E-state index < -0.39 is 29.7 Å². The highest BCUT2D eigenvalue weighted by Gasteiger charge is 2.42. The largest absolute Gasteiger partial charge is 0.330 e. The summed E-state index contributed by atoms with van der Waals surface area (Å²) in [5.41, 5.74) is 5.60. The Hall–Kier alpha value is -3.23. The molecule has 138 valence electrons. The van der Waals surface area contributed by atoms with Gasteiger partial charge in [0, 0.05) is 30.2 Å². The van der Waals surface area contributed by atoms with Crippen molar-refractivity contribution < 1.29 is 19.2 Å². The molecule has 9 nitrogen and oxygen atoms in total. The minimum Gasteiger partial charge on any atom is -0.301 e. The van der Waals surface area contributed by atoms with Crippen molar-refractivity contribution in [1.29, 1.82) is 0 Å². The van der Waals surface area contributed by atoms with Gasteiger partial charge >= 0.3 is 6.03 Å². The van der Waals surface area contributed by atoms with Crippen molar-refractivity contribution in [2.75, 3.05) is 6.54 Å². The van der Waals surface area contributed by atoms with Crippen LogP contribution in [0.4, 0.5) is 4.79 Å². The fourth-order valence-electron chi connectivity index (χ4n) is 2.43. The van der Waals surface area contributed by atoms with Crippen molar-refractivity contribution in [3.63, 3.8) is 0 Å². The lowest BCUT2D eigenvalue weighted by molar-refractivity contribution is -0.141. The lowest BCUT2D eigenvalue weighted by Gasteiger charge is -2.31. The monoisotopic (exact) mass is 359 g/mol. The molecule has 1 aliphatic heterocycles. The van der Waals surface area contributed by atoms with Crippen LogP contribution in [0.1, 0.15) is 37.0 Å². The number of hydrogen-bond acceptors (Lipinski definition) is 6. The number of nitrogens with zero attached hydrogens (tertiary/aromatic N) is 2. The van der Waals surface area contributed by atoms with Gasteiger partial charge in [-0.3, -0.25) is 35.0 Å². The molecule has 26 heavy (non-hydrogen) atoms. The number of allylic oxidation sites excluding steroid dienone is 1. The SMILES string of the molecule is C/C=C(/NNC(=O)c1ccncc1)[C@@H]1C(=O)NC(=O)N(CCCC)C1=O. The lowest BCUT2D eigenvalue weighted by atomic mass is 10.00. The third-order valence-electron chi connectivity index (χ3n) is 3.87. The highest BCUT2D eigenvalue weighted by molar-refractivity contribution is 6.17. The fourth-order valence-corrected chi connectivity index (χ4v) is 2.43. The van der Waals surface area contributed by atoms with Crippen molar-refractivity contribution in [3.8, 4) is 0 Å². The maximum atomic E-state index is 12.6. The third kappa shape index (κ3) is 4.24. The Balaban J connectivity index is 2.09. The second kappa shape index (κ2) is 8.75. The summed E-state index contributed by atoms with van der Waals surface area (Å²) in [5, 5.41) is 2.18. The van der Waals surface area contributed by atoms with Gasteiger partial charge in [0.1, 0.15) is 0 Å². The summed E-state index contributed by atoms with van der Waals surface area (Å²) >= 11 is 0. The van der Waals surface area contributed by atoms with E-state index in [1.54, 1.807) is 6.92 Å². The molecule has 9 heteroatoms. The van der Waals surface area contributed by atoms with E-state index in [4.69, 9.17) is 0 Å². The van der Waals surface area contributed by atoms with Crippen LogP contribution in [0, 0.1) is 5.92 Å². The maximum absolute atomic E-state index is 12.6. The van der Waals surface area contributed by atoms with Crippen molar-refractivity contribution in [2.24, 2.45) is 5.92 Å². The molecule has 1 aromatic rings. The summed E-state index contributed by atoms with van der Waals surface area (Å²) < 4.78 is 0. The molecular weight excluding hydrogens is 338 g/mol. The van der Waals surface area contributed by atoms with E-state index in [2.05, 4.69) is 21.2 Å². The zero-order valence-electron chi connectivity index (χ0n) is 14.6. The van der Waals surface area contributed by atoms with Crippen LogP contribution < -0.4 is 16.2 Å². The number of amides is 5. The molecule has 1 aliphatic rings. The molecule has 3 N–H and O–H groups in total. The molecule has 0 bridgehead atoms. The number of hydrazine groups is 1. The molecule has 0 radical (unpaired) electrons. The quantitative estimate of drug-likeness (QED) is 0.487. The number of carbonyl (C=O) groups excluding carboxylic acids is 4. The maximum Gasteiger partial charge on any atom is 0.330 e. The van der Waals surface area contributed by atoms with Gasteiger partial charge in [-0.1, -0.05) is 19.4 Å². The average Bonchev–Trinajstić information content (AvgIpc) is 2.64. The normalized spacial score (nSPS) is 17.8. The summed E-state index contributed by atoms with van der Waals surface area (Å²) in [6.07, 6.45) is 5.88. The summed E-state index contributed by atoms with van der Waals surface area (Å²) in [6, 6.07) is 2.33. The number of imide groups is 2. The number of pyridine rings is 1. The first-order chi connectivity index (χ1) is 12.5. The summed E-state index contributed by atoms with van der Waals surface area (Å²) in [4.78, 5) is 53.6. The molecule has 1 atom stereocenters. The predicted molar refractivity (Wildman–Crippen MR) is 92.2 cm³/mol. The highest BCUT2D eigenvalue weighted by Crippen LogP contribution is 2.17. The van der Waals surface area contributed by atoms with Gasteiger partial charge in [-0.05, 0) is 25.5 Å². The molecule has 2 rings (SSSR count). The first kappa shape index (κ1) is 19.1. The minimum absolute atomic E-state index is 0.184. The van der Waals surface area contributed by atoms with Crippen LogP contribution in [0.25, 0.3) is 0 Å². The molecule has 0 spiro atoms. The minimum atomic E-state index is -1.23. The molecule has 0 saturated carbocycles. The van der Waals surface area contributed by atoms with Crippen molar-refractivity contribution in [3.05, 3.63) is 41.9 Å². The average molecular weight is 359 g/mol. The van der Waals surface area contributed by atoms with Crippen LogP contribution in [-0.4, -0.2) is 40.2 Å². The fraction of sp³-hybridized carbons (Fsp3) is 0.353. The topological polar surface area (TPSA) is 120 Å². The van der Waals surface area contributed by atoms with Crippen LogP contribution in [0.3, 0.4) is 0 Å². The van der Waals surface area contributed by atoms with Gasteiger partial charge in [-0.2, -0.15) is 0 Å². The van der Waals surface area contributed by atoms with E-state index in [1.165, 1.54) is 30.6 Å². The van der Waals surface area contributed by atoms with E-state index >= 15 is 0 Å². The Morgan fingerprint density at radius 3 is 2.58 bits per heavy atom. The summed E-state index contributed by atoms with van der Waals surface area (Å²) in [7, 11) is 0. The van der Waals surface area contributed by atoms with Crippen LogP contribution in [-0.2, 0) is 9.59 Å². The Morgan fingerprint density at radius 2 is 1.96 bits per heavy atom. The Bertz CT molecular complexity index is 732. The van der Waals surface area contributed by atoms with Crippen LogP contribution >= 0.6 is 0 Å². The molecule has 0 unspecified atom stereocenters. The number of rotatable bonds is 7. The lowest BCUT2D eigenvalue weighted by Crippen LogP contribution is -2.60. The molecule has 2 heterocycles. The van der Waals surface area contributed by atoms with Gasteiger partial charge in [0.2, 0.25) is 11.8 Å². The Labute approximate surface area is 150 Å². The van der Waals surface area contributed by atoms with Gasteiger partial charge in [-0.25, -0.2) is 4.79 Å². The van der Waals surface area contributed by atoms with Crippen LogP contribution in [0.15, 0.2) is 36.3 Å². The summed E-state index contributed by atoms with van der Waals surface area (Å²) in [6.45, 7) is 3.78. The van der Waals surface area contributed by atoms with E-state index in [-0.39, 0.29) is 12.2 Å². The summed E-state index contributed by atoms with van der Waals surface area (Å²) in [5.74, 6) is -3.03. The van der Waals surface area contributed by atoms with Gasteiger partial charge in [0.15, 0.2) is 5.92 Å². The number of urea groups is 1. The van der Waals surface area contributed by atoms with Crippen molar-refractivity contribution in [2.45, 2.75) is 26.7 Å². The highest BCUT2D eigenvalue weighted by atomic mass is 16.2. The standard InChI is InChI=1S/C17H21N5O4/c1-3-5-10-22-16(25)13(15(24)19-17(22)26)12(4-2)20-21-14(23)11-6-8-18-9-7-11/h4,6-9,13,20H,3,5,10H2,1-2H3,(H,21,23)(H,19,24,26)/b12-4+/t13-/m1/s1. The molecule has 1 saturated heterocycles. The second-order valence-electron chi connectivity index (χ2n) is 5.63. The van der Waals surface area contributed by atoms with Crippen molar-refractivity contribution >= 4 is 23.8 Å². The number of hydrogen-bond donors (Lipinski definition) is 3. The zero-order chi connectivity index (χ0) is 19.1. The van der Waals surface area contributed by atoms with Crippen LogP contribution in [0.5, 0.6) is 0 Å². The van der Waals surface area contributed by atoms with Crippen LogP contribution in [0.2, 0.25) is 0 Å². The first-order valence-electron chi connectivity index (χ1n) is 8.28. The molecule has 0 aromatic carbocycles. The zero-order valence-corrected chi connectivity index (χ0v) is 14.6. The van der Waals surface area contributed by atoms with E-state index in [1.807, 2.05) is 6.92 Å². The second-order valence-corrected chi connectivity index (χ2v) is 5.63. The molecular formula is C17H21N5O4. The van der Waals surface area contributed by atoms with E-state index in [0.717, 1.165) is 11.3 Å². The van der Waals surface area contributed by atoms with Gasteiger partial charge in [0.05, 0.1) is 0 Å². The van der Waals surface area contributed by atoms with Gasteiger partial charge in [-0.15, -0.1) is 0 Å².